The van der Waals surface area contributed by atoms with Crippen molar-refractivity contribution in [3.8, 4) is 28.7 Å². The van der Waals surface area contributed by atoms with E-state index in [9.17, 15) is 47.1 Å². The van der Waals surface area contributed by atoms with Crippen LogP contribution in [0.2, 0.25) is 0 Å². The number of nitrogens with one attached hydrogen (secondary N) is 1. The molecule has 0 bridgehead atoms. The number of likely N-dealkylation sites (N-methyl/N-ethyl adjacent to an activating group) is 1. The smallest absolute Gasteiger partial charge is 0.501 e. The number of ketones is 1. The van der Waals surface area contributed by atoms with Crippen LogP contribution in [-0.4, -0.2) is 153 Å². The molecule has 2 aliphatic rings. The lowest BCUT2D eigenvalue weighted by Crippen LogP contribution is -2.60. The Bertz CT molecular complexity index is 3730. The first-order chi connectivity index (χ1) is 40.6. The molecule has 0 spiro atoms. The van der Waals surface area contributed by atoms with Gasteiger partial charge < -0.3 is 70.9 Å². The number of halogens is 1. The number of ether oxygens (including phenoxy) is 7. The predicted molar refractivity (Wildman–Crippen MR) is 301 cm³/mol. The predicted octanol–water partition coefficient (Wildman–Crippen LogP) is 6.66. The van der Waals surface area contributed by atoms with E-state index in [-0.39, 0.29) is 84.5 Å². The number of hydrogen-bond donors (Lipinski definition) is 2. The third-order valence-electron chi connectivity index (χ3n) is 13.4. The Morgan fingerprint density at radius 3 is 2.26 bits per heavy atom. The number of azide groups is 1. The number of phenolic OH excluding ortho intramolecular Hbond substituents is 1. The van der Waals surface area contributed by atoms with Gasteiger partial charge in [-0.1, -0.05) is 5.11 Å². The molecule has 6 atom stereocenters. The summed E-state index contributed by atoms with van der Waals surface area (Å²) in [5, 5.41) is 16.4. The van der Waals surface area contributed by atoms with E-state index in [1.54, 1.807) is 30.5 Å². The number of fused-ring (bicyclic) bond motifs is 4. The molecular weight excluding hydrogens is 1160 g/mol. The van der Waals surface area contributed by atoms with Crippen LogP contribution in [0.1, 0.15) is 76.8 Å². The third-order valence-corrected chi connectivity index (χ3v) is 14.6. The van der Waals surface area contributed by atoms with E-state index in [0.717, 1.165) is 32.9 Å². The van der Waals surface area contributed by atoms with Crippen molar-refractivity contribution in [1.82, 2.24) is 14.3 Å². The minimum atomic E-state index is -5.40. The fourth-order valence-electron chi connectivity index (χ4n) is 9.68. The van der Waals surface area contributed by atoms with Gasteiger partial charge in [0.2, 0.25) is 12.4 Å². The van der Waals surface area contributed by atoms with Crippen molar-refractivity contribution in [3.63, 3.8) is 0 Å². The van der Waals surface area contributed by atoms with E-state index in [1.807, 2.05) is 0 Å². The summed E-state index contributed by atoms with van der Waals surface area (Å²) < 4.78 is 82.5. The highest BCUT2D eigenvalue weighted by Crippen LogP contribution is 2.48. The first-order valence-electron chi connectivity index (χ1n) is 26.1. The van der Waals surface area contributed by atoms with Crippen LogP contribution in [0.25, 0.3) is 26.9 Å². The number of anilines is 2. The topological polar surface area (TPSA) is 341 Å². The van der Waals surface area contributed by atoms with E-state index in [4.69, 9.17) is 58.7 Å². The fraction of sp³-hybridized carbons (Fsp3) is 0.357. The number of esters is 3. The molecule has 0 unspecified atom stereocenters. The number of rotatable bonds is 24. The molecule has 1 fully saturated rings. The molecule has 27 nitrogen and oxygen atoms in total. The quantitative estimate of drug-likeness (QED) is 0.0122. The summed E-state index contributed by atoms with van der Waals surface area (Å²) in [6.45, 7) is 4.09. The molecule has 2 N–H and O–H groups in total. The van der Waals surface area contributed by atoms with Crippen LogP contribution < -0.4 is 28.1 Å². The van der Waals surface area contributed by atoms with E-state index in [1.165, 1.54) is 83.9 Å². The second-order valence-electron chi connectivity index (χ2n) is 19.5. The molecule has 448 valence electrons. The van der Waals surface area contributed by atoms with Gasteiger partial charge in [0.05, 0.1) is 31.7 Å². The zero-order chi connectivity index (χ0) is 61.3. The molecule has 2 aromatic heterocycles. The number of nitrogens with zero attached hydrogens (tertiary/aromatic N) is 7. The van der Waals surface area contributed by atoms with Gasteiger partial charge >= 0.3 is 28.3 Å². The monoisotopic (exact) mass is 1210 g/mol. The first-order valence-corrected chi connectivity index (χ1v) is 28.0. The molecule has 8 rings (SSSR count). The van der Waals surface area contributed by atoms with Gasteiger partial charge in [-0.05, 0) is 96.2 Å². The van der Waals surface area contributed by atoms with Gasteiger partial charge in [0, 0.05) is 111 Å². The fourth-order valence-corrected chi connectivity index (χ4v) is 10.7. The second kappa shape index (κ2) is 27.0. The normalized spacial score (nSPS) is 18.1. The number of aromatic hydroxyl groups is 1. The van der Waals surface area contributed by atoms with Gasteiger partial charge in [-0.25, -0.2) is 4.98 Å². The molecule has 0 aliphatic carbocycles. The summed E-state index contributed by atoms with van der Waals surface area (Å²) in [7, 11) is -2.54. The maximum absolute atomic E-state index is 14.7. The zero-order valence-electron chi connectivity index (χ0n) is 46.5. The van der Waals surface area contributed by atoms with Gasteiger partial charge in [0.25, 0.3) is 17.7 Å². The first kappa shape index (κ1) is 61.9. The van der Waals surface area contributed by atoms with Gasteiger partial charge in [0.15, 0.2) is 23.4 Å². The van der Waals surface area contributed by atoms with Gasteiger partial charge in [-0.3, -0.25) is 28.8 Å². The minimum Gasteiger partial charge on any atom is -0.508 e. The van der Waals surface area contributed by atoms with Gasteiger partial charge in [0.1, 0.15) is 41.3 Å². The van der Waals surface area contributed by atoms with Crippen molar-refractivity contribution in [3.05, 3.63) is 124 Å². The van der Waals surface area contributed by atoms with Gasteiger partial charge in [-0.15, -0.1) is 20.0 Å². The Morgan fingerprint density at radius 2 is 1.58 bits per heavy atom. The number of alkyl halides is 1. The molecule has 1 saturated heterocycles. The van der Waals surface area contributed by atoms with E-state index >= 15 is 0 Å². The lowest BCUT2D eigenvalue weighted by atomic mass is 9.85. The lowest BCUT2D eigenvalue weighted by Gasteiger charge is -2.44. The second-order valence-corrected chi connectivity index (χ2v) is 21.0. The summed E-state index contributed by atoms with van der Waals surface area (Å²) in [5.74, 6) is -7.52. The molecule has 6 aromatic rings. The SMILES string of the molecule is COc1ccc2c(OS(=O)(=O)Oc3cc(C(=O)N(C)CCOCCN=[N+]=[N-])ccc3O[C@@H]3O[C@H](COC(C)=O)[C@H](CC(C)=O)[C@H](OC(C)=O)[C@@H]3OC(C)=O)cc3c(c2c1)[C@H](CCl)CN3C(=O)c1cn2cc(NC(=O)c3ccc(O)cc3)ccc2n1. The number of benzene rings is 4. The highest BCUT2D eigenvalue weighted by molar-refractivity contribution is 7.82. The lowest BCUT2D eigenvalue weighted by molar-refractivity contribution is -0.274. The van der Waals surface area contributed by atoms with Crippen LogP contribution >= 0.6 is 11.6 Å². The van der Waals surface area contributed by atoms with E-state index < -0.39 is 106 Å². The maximum atomic E-state index is 14.7. The van der Waals surface area contributed by atoms with E-state index in [2.05, 4.69) is 20.3 Å². The van der Waals surface area contributed by atoms with Crippen molar-refractivity contribution < 1.29 is 88.6 Å². The van der Waals surface area contributed by atoms with Crippen LogP contribution in [0.4, 0.5) is 11.4 Å². The third kappa shape index (κ3) is 15.0. The summed E-state index contributed by atoms with van der Waals surface area (Å²) >= 11 is 6.62. The largest absolute Gasteiger partial charge is 0.508 e. The van der Waals surface area contributed by atoms with Crippen LogP contribution in [0, 0.1) is 5.92 Å². The number of methoxy groups -OCH3 is 1. The number of hydrogen-bond acceptors (Lipinski definition) is 21. The molecule has 0 radical (unpaired) electrons. The average molecular weight is 1210 g/mol. The number of pyridine rings is 1. The van der Waals surface area contributed by atoms with Crippen LogP contribution in [0.3, 0.4) is 0 Å². The van der Waals surface area contributed by atoms with Crippen molar-refractivity contribution >= 4 is 91.2 Å². The van der Waals surface area contributed by atoms with Crippen molar-refractivity contribution in [1.29, 1.82) is 0 Å². The molecule has 4 heterocycles. The molecule has 85 heavy (non-hydrogen) atoms. The Morgan fingerprint density at radius 1 is 0.859 bits per heavy atom. The number of carbonyl (C=O) groups excluding carboxylic acids is 7. The maximum Gasteiger partial charge on any atom is 0.501 e. The molecular formula is C56H57ClN8O19S. The van der Waals surface area contributed by atoms with Crippen LogP contribution in [0.5, 0.6) is 28.7 Å². The van der Waals surface area contributed by atoms with E-state index in [0.29, 0.717) is 28.0 Å². The zero-order valence-corrected chi connectivity index (χ0v) is 48.1. The summed E-state index contributed by atoms with van der Waals surface area (Å²) in [6.07, 6.45) is -3.59. The molecule has 29 heteroatoms. The molecule has 2 aliphatic heterocycles. The molecule has 4 aromatic carbocycles. The van der Waals surface area contributed by atoms with Crippen molar-refractivity contribution in [2.75, 3.05) is 69.7 Å². The minimum absolute atomic E-state index is 0.00342. The average Bonchev–Trinajstić information content (AvgIpc) is 1.87. The standard InChI is InChI=1S/C56H57ClN8O19S/c1-30(66)21-42-48(29-78-31(2)67)82-56(52(80-33(4)69)51(42)79-32(3)68)81-45-15-9-35(54(72)63(5)18-20-77-19-17-59-62-58)22-47(45)84-85(74,75)83-46-24-44-50(41-23-39(76-6)13-14-40(41)46)36(25-57)26-65(44)55(73)43-28-64-27-37(10-16-49(64)61-43)60-53(71)34-7-11-38(70)12-8-34/h7-16,22-24,27-28,36,42,48,51-52,56,70H,17-21,25-26,29H2,1-6H3,(H,60,71)/t36-,42+,48-,51+,52+,56-/m1/s1. The Kier molecular flexibility index (Phi) is 19.7. The number of amides is 3. The Hall–Kier alpha value is -9.21. The highest BCUT2D eigenvalue weighted by Gasteiger charge is 2.52. The van der Waals surface area contributed by atoms with Gasteiger partial charge in [-0.2, -0.15) is 0 Å². The number of imidazole rings is 1. The number of phenols is 1. The number of aromatic nitrogens is 2. The van der Waals surface area contributed by atoms with Crippen molar-refractivity contribution in [2.45, 2.75) is 64.6 Å². The number of Topliss-reactive ketones (excluding diaryl/α,β-unsaturated/α-hetero) is 1. The summed E-state index contributed by atoms with van der Waals surface area (Å²) in [5.41, 5.74) is 10.1. The molecule has 0 saturated carbocycles. The number of carbonyl (C=O) groups is 7. The molecule has 3 amide bonds. The summed E-state index contributed by atoms with van der Waals surface area (Å²) in [6, 6.07) is 18.2. The van der Waals surface area contributed by atoms with Crippen LogP contribution in [-0.2, 0) is 53.3 Å². The van der Waals surface area contributed by atoms with Crippen molar-refractivity contribution in [2.24, 2.45) is 11.0 Å². The van der Waals surface area contributed by atoms with Crippen LogP contribution in [0.15, 0.2) is 96.4 Å². The summed E-state index contributed by atoms with van der Waals surface area (Å²) in [4.78, 5) is 102. The highest BCUT2D eigenvalue weighted by atomic mass is 35.5. The Labute approximate surface area is 490 Å². The Balaban J connectivity index is 1.16.